The van der Waals surface area contributed by atoms with E-state index in [0.717, 1.165) is 32.8 Å². The Hall–Kier alpha value is 0.0934. The van der Waals surface area contributed by atoms with E-state index in [1.165, 1.54) is 0 Å². The van der Waals surface area contributed by atoms with E-state index >= 15 is 0 Å². The minimum absolute atomic E-state index is 0. The van der Waals surface area contributed by atoms with Gasteiger partial charge in [0.25, 0.3) is 0 Å². The van der Waals surface area contributed by atoms with Crippen LogP contribution in [0, 0.1) is 0 Å². The third-order valence-corrected chi connectivity index (χ3v) is 2.97. The van der Waals surface area contributed by atoms with Gasteiger partial charge in [-0.2, -0.15) is 0 Å². The van der Waals surface area contributed by atoms with Crippen LogP contribution in [-0.4, -0.2) is 63.8 Å². The summed E-state index contributed by atoms with van der Waals surface area (Å²) in [7, 11) is 1.00. The molecule has 0 aromatic heterocycles. The van der Waals surface area contributed by atoms with E-state index in [-0.39, 0.29) is 43.9 Å². The molecule has 0 saturated heterocycles. The first kappa shape index (κ1) is 34.4. The van der Waals surface area contributed by atoms with E-state index in [4.69, 9.17) is 30.3 Å². The van der Waals surface area contributed by atoms with E-state index < -0.39 is 0 Å². The van der Waals surface area contributed by atoms with Gasteiger partial charge in [0.1, 0.15) is 0 Å². The molecular formula is C16H37O6Ru. The number of aliphatic hydroxyl groups is 5. The fourth-order valence-electron chi connectivity index (χ4n) is 1.29. The molecule has 0 aliphatic rings. The summed E-state index contributed by atoms with van der Waals surface area (Å²) in [5, 5.41) is 43.0. The Morgan fingerprint density at radius 2 is 0.739 bits per heavy atom. The number of carbonyl (C=O) groups excluding carboxylic acids is 1. The van der Waals surface area contributed by atoms with Crippen LogP contribution in [0.4, 0.5) is 0 Å². The Kier molecular flexibility index (Phi) is 45.0. The minimum Gasteiger partial charge on any atom is -0.545 e. The van der Waals surface area contributed by atoms with Crippen molar-refractivity contribution in [2.75, 3.05) is 7.11 Å². The predicted molar refractivity (Wildman–Crippen MR) is 89.3 cm³/mol. The Balaban J connectivity index is -0.0000000743. The van der Waals surface area contributed by atoms with Gasteiger partial charge in [0, 0.05) is 7.11 Å². The van der Waals surface area contributed by atoms with Crippen molar-refractivity contribution in [3.05, 3.63) is 0 Å². The summed E-state index contributed by atoms with van der Waals surface area (Å²) in [6.07, 6.45) is 2.70. The Bertz CT molecular complexity index is 152. The summed E-state index contributed by atoms with van der Waals surface area (Å²) in [5.41, 5.74) is 0. The number of hydrogen-bond donors (Lipinski definition) is 5. The molecule has 7 heteroatoms. The Morgan fingerprint density at radius 1 is 0.609 bits per heavy atom. The van der Waals surface area contributed by atoms with Crippen molar-refractivity contribution in [1.82, 2.24) is 0 Å². The molecule has 23 heavy (non-hydrogen) atoms. The van der Waals surface area contributed by atoms with Gasteiger partial charge in [0.2, 0.25) is 0 Å². The summed E-state index contributed by atoms with van der Waals surface area (Å²) < 4.78 is 0. The molecular weight excluding hydrogens is 389 g/mol. The second kappa shape index (κ2) is 30.0. The van der Waals surface area contributed by atoms with Crippen molar-refractivity contribution in [1.29, 1.82) is 0 Å². The van der Waals surface area contributed by atoms with Crippen molar-refractivity contribution < 1.29 is 49.8 Å². The fourth-order valence-corrected chi connectivity index (χ4v) is 1.29. The maximum Gasteiger partial charge on any atom is 1.00 e. The van der Waals surface area contributed by atoms with Gasteiger partial charge in [0.15, 0.2) is 0 Å². The zero-order valence-corrected chi connectivity index (χ0v) is 16.9. The molecule has 145 valence electrons. The molecule has 4 unspecified atom stereocenters. The normalized spacial score (nSPS) is 14.0. The molecule has 0 heterocycles. The first-order valence-corrected chi connectivity index (χ1v) is 7.81. The van der Waals surface area contributed by atoms with Crippen LogP contribution < -0.4 is 0 Å². The maximum atomic E-state index is 9.00. The summed E-state index contributed by atoms with van der Waals surface area (Å²) in [5.74, 6) is 0. The Labute approximate surface area is 154 Å². The number of aliphatic hydroxyl groups excluding tert-OH is 5. The first-order chi connectivity index (χ1) is 10.4. The summed E-state index contributed by atoms with van der Waals surface area (Å²) in [4.78, 5) is 7.75. The van der Waals surface area contributed by atoms with Gasteiger partial charge in [-0.3, -0.25) is 6.79 Å². The van der Waals surface area contributed by atoms with E-state index in [1.807, 2.05) is 27.7 Å². The van der Waals surface area contributed by atoms with Gasteiger partial charge >= 0.3 is 19.5 Å². The van der Waals surface area contributed by atoms with Gasteiger partial charge in [0.05, 0.1) is 24.4 Å². The van der Waals surface area contributed by atoms with E-state index in [0.29, 0.717) is 12.8 Å². The van der Waals surface area contributed by atoms with Crippen LogP contribution in [0.25, 0.3) is 0 Å². The number of rotatable bonds is 8. The van der Waals surface area contributed by atoms with Crippen LogP contribution in [-0.2, 0) is 24.3 Å². The Morgan fingerprint density at radius 3 is 0.826 bits per heavy atom. The predicted octanol–water partition coefficient (Wildman–Crippen LogP) is 1.17. The summed E-state index contributed by atoms with van der Waals surface area (Å²) in [6.45, 7) is 10.9. The molecule has 0 bridgehead atoms. The van der Waals surface area contributed by atoms with Gasteiger partial charge in [-0.15, -0.1) is 0 Å². The standard InChI is InChI=1S/2C7H16O2.CH4O.CHO.Ru/c2*1-3-6(8)5-7(9)4-2;2*1-2;/h2*6-9H,3-5H2,1-2H3;2H,1H3;1H;/q;;;-1;+1. The third-order valence-electron chi connectivity index (χ3n) is 2.97. The molecule has 0 saturated carbocycles. The topological polar surface area (TPSA) is 118 Å². The largest absolute Gasteiger partial charge is 1.00 e. The molecule has 4 atom stereocenters. The van der Waals surface area contributed by atoms with Crippen LogP contribution in [0.1, 0.15) is 66.2 Å². The molecule has 0 aliphatic heterocycles. The summed E-state index contributed by atoms with van der Waals surface area (Å²) in [6, 6.07) is 0. The quantitative estimate of drug-likeness (QED) is 0.226. The first-order valence-electron chi connectivity index (χ1n) is 7.81. The average molecular weight is 427 g/mol. The molecule has 6 nitrogen and oxygen atoms in total. The average Bonchev–Trinajstić information content (AvgIpc) is 2.58. The van der Waals surface area contributed by atoms with E-state index in [9.17, 15) is 0 Å². The van der Waals surface area contributed by atoms with Crippen LogP contribution >= 0.6 is 0 Å². The van der Waals surface area contributed by atoms with Crippen molar-refractivity contribution in [2.45, 2.75) is 90.6 Å². The van der Waals surface area contributed by atoms with E-state index in [2.05, 4.69) is 6.79 Å². The zero-order valence-electron chi connectivity index (χ0n) is 15.1. The van der Waals surface area contributed by atoms with Gasteiger partial charge in [-0.25, -0.2) is 0 Å². The van der Waals surface area contributed by atoms with E-state index in [1.54, 1.807) is 0 Å². The molecule has 0 aliphatic carbocycles. The maximum absolute atomic E-state index is 9.00. The third kappa shape index (κ3) is 34.4. The van der Waals surface area contributed by atoms with Crippen molar-refractivity contribution >= 4 is 6.79 Å². The monoisotopic (exact) mass is 427 g/mol. The molecule has 0 aromatic rings. The molecule has 1 radical (unpaired) electrons. The SMILES string of the molecule is CCC(O)CC(O)CC.CCC(O)CC(O)CC.CO.[CH-]=O.[Ru+]. The fraction of sp³-hybridized carbons (Fsp3) is 0.938. The molecule has 0 aromatic carbocycles. The molecule has 0 spiro atoms. The van der Waals surface area contributed by atoms with Gasteiger partial charge < -0.3 is 30.3 Å². The second-order valence-corrected chi connectivity index (χ2v) is 4.72. The number of hydrogen-bond acceptors (Lipinski definition) is 6. The zero-order chi connectivity index (χ0) is 18.6. The van der Waals surface area contributed by atoms with Crippen LogP contribution in [0.15, 0.2) is 0 Å². The van der Waals surface area contributed by atoms with Crippen molar-refractivity contribution in [3.63, 3.8) is 0 Å². The van der Waals surface area contributed by atoms with Crippen LogP contribution in [0.3, 0.4) is 0 Å². The molecule has 0 fully saturated rings. The minimum atomic E-state index is -0.319. The van der Waals surface area contributed by atoms with Gasteiger partial charge in [-0.05, 0) is 38.5 Å². The second-order valence-electron chi connectivity index (χ2n) is 4.72. The molecule has 0 amide bonds. The summed E-state index contributed by atoms with van der Waals surface area (Å²) >= 11 is 0. The molecule has 0 rings (SSSR count). The molecule has 5 N–H and O–H groups in total. The van der Waals surface area contributed by atoms with Crippen LogP contribution in [0.2, 0.25) is 0 Å². The van der Waals surface area contributed by atoms with Gasteiger partial charge in [-0.1, -0.05) is 27.7 Å². The smallest absolute Gasteiger partial charge is 0.545 e. The van der Waals surface area contributed by atoms with Crippen molar-refractivity contribution in [3.8, 4) is 0 Å². The van der Waals surface area contributed by atoms with Crippen molar-refractivity contribution in [2.24, 2.45) is 0 Å². The van der Waals surface area contributed by atoms with Crippen LogP contribution in [0.5, 0.6) is 0 Å².